The smallest absolute Gasteiger partial charge is 0.224 e. The second kappa shape index (κ2) is 6.48. The van der Waals surface area contributed by atoms with E-state index in [1.165, 1.54) is 11.3 Å². The molecular weight excluding hydrogens is 270 g/mol. The van der Waals surface area contributed by atoms with E-state index in [1.807, 2.05) is 43.5 Å². The van der Waals surface area contributed by atoms with Crippen LogP contribution in [-0.4, -0.2) is 11.7 Å². The van der Waals surface area contributed by atoms with Gasteiger partial charge < -0.3 is 5.32 Å². The fourth-order valence-corrected chi connectivity index (χ4v) is 2.58. The van der Waals surface area contributed by atoms with Crippen molar-refractivity contribution >= 4 is 28.7 Å². The summed E-state index contributed by atoms with van der Waals surface area (Å²) in [7, 11) is 0. The SMILES string of the molecule is Cc1cccc(NC(=O)CCC(=O)c2cccs2)c1C. The van der Waals surface area contributed by atoms with Crippen molar-refractivity contribution in [1.82, 2.24) is 0 Å². The molecule has 1 amide bonds. The number of aryl methyl sites for hydroxylation is 1. The molecule has 0 aliphatic carbocycles. The van der Waals surface area contributed by atoms with Crippen molar-refractivity contribution in [1.29, 1.82) is 0 Å². The molecule has 20 heavy (non-hydrogen) atoms. The molecule has 0 saturated heterocycles. The molecular formula is C16H17NO2S. The topological polar surface area (TPSA) is 46.2 Å². The van der Waals surface area contributed by atoms with Crippen LogP contribution in [0.4, 0.5) is 5.69 Å². The number of carbonyl (C=O) groups excluding carboxylic acids is 2. The van der Waals surface area contributed by atoms with Gasteiger partial charge >= 0.3 is 0 Å². The van der Waals surface area contributed by atoms with Gasteiger partial charge in [0, 0.05) is 18.5 Å². The Kier molecular flexibility index (Phi) is 4.69. The number of hydrogen-bond acceptors (Lipinski definition) is 3. The van der Waals surface area contributed by atoms with E-state index < -0.39 is 0 Å². The maximum Gasteiger partial charge on any atom is 0.224 e. The van der Waals surface area contributed by atoms with E-state index >= 15 is 0 Å². The van der Waals surface area contributed by atoms with Gasteiger partial charge in [-0.05, 0) is 42.5 Å². The summed E-state index contributed by atoms with van der Waals surface area (Å²) in [4.78, 5) is 24.4. The van der Waals surface area contributed by atoms with E-state index in [1.54, 1.807) is 6.07 Å². The molecule has 0 saturated carbocycles. The third-order valence-electron chi connectivity index (χ3n) is 3.25. The fourth-order valence-electron chi connectivity index (χ4n) is 1.89. The minimum Gasteiger partial charge on any atom is -0.326 e. The van der Waals surface area contributed by atoms with Gasteiger partial charge in [-0.25, -0.2) is 0 Å². The standard InChI is InChI=1S/C16H17NO2S/c1-11-5-3-6-13(12(11)2)17-16(19)9-8-14(18)15-7-4-10-20-15/h3-7,10H,8-9H2,1-2H3,(H,17,19). The van der Waals surface area contributed by atoms with Crippen LogP contribution in [0.3, 0.4) is 0 Å². The predicted octanol–water partition coefficient (Wildman–Crippen LogP) is 3.97. The van der Waals surface area contributed by atoms with Crippen LogP contribution in [0, 0.1) is 13.8 Å². The van der Waals surface area contributed by atoms with Crippen LogP contribution in [0.2, 0.25) is 0 Å². The van der Waals surface area contributed by atoms with Crippen LogP contribution >= 0.6 is 11.3 Å². The number of amides is 1. The highest BCUT2D eigenvalue weighted by molar-refractivity contribution is 7.12. The van der Waals surface area contributed by atoms with Gasteiger partial charge in [-0.1, -0.05) is 18.2 Å². The summed E-state index contributed by atoms with van der Waals surface area (Å²) in [5.74, 6) is -0.0975. The molecule has 2 aromatic rings. The molecule has 104 valence electrons. The largest absolute Gasteiger partial charge is 0.326 e. The van der Waals surface area contributed by atoms with E-state index in [9.17, 15) is 9.59 Å². The summed E-state index contributed by atoms with van der Waals surface area (Å²) in [6, 6.07) is 9.42. The lowest BCUT2D eigenvalue weighted by atomic mass is 10.1. The molecule has 0 fully saturated rings. The monoisotopic (exact) mass is 287 g/mol. The Morgan fingerprint density at radius 1 is 1.10 bits per heavy atom. The molecule has 1 N–H and O–H groups in total. The molecule has 0 unspecified atom stereocenters. The number of benzene rings is 1. The third-order valence-corrected chi connectivity index (χ3v) is 4.16. The summed E-state index contributed by atoms with van der Waals surface area (Å²) >= 11 is 1.41. The van der Waals surface area contributed by atoms with Gasteiger partial charge in [-0.2, -0.15) is 0 Å². The van der Waals surface area contributed by atoms with Gasteiger partial charge in [0.25, 0.3) is 0 Å². The van der Waals surface area contributed by atoms with Crippen molar-refractivity contribution in [2.24, 2.45) is 0 Å². The van der Waals surface area contributed by atoms with Crippen LogP contribution in [0.5, 0.6) is 0 Å². The number of carbonyl (C=O) groups is 2. The van der Waals surface area contributed by atoms with Crippen molar-refractivity contribution in [2.45, 2.75) is 26.7 Å². The van der Waals surface area contributed by atoms with Gasteiger partial charge in [0.05, 0.1) is 4.88 Å². The first-order chi connectivity index (χ1) is 9.58. The molecule has 3 nitrogen and oxygen atoms in total. The molecule has 1 heterocycles. The second-order valence-corrected chi connectivity index (χ2v) is 5.64. The van der Waals surface area contributed by atoms with E-state index in [-0.39, 0.29) is 24.5 Å². The number of anilines is 1. The lowest BCUT2D eigenvalue weighted by Gasteiger charge is -2.09. The normalized spacial score (nSPS) is 10.3. The Labute approximate surface area is 122 Å². The Hall–Kier alpha value is -1.94. The van der Waals surface area contributed by atoms with Crippen molar-refractivity contribution < 1.29 is 9.59 Å². The molecule has 0 atom stereocenters. The third kappa shape index (κ3) is 3.54. The van der Waals surface area contributed by atoms with Crippen LogP contribution in [0.25, 0.3) is 0 Å². The molecule has 4 heteroatoms. The fraction of sp³-hybridized carbons (Fsp3) is 0.250. The Morgan fingerprint density at radius 2 is 1.90 bits per heavy atom. The maximum absolute atomic E-state index is 11.9. The first kappa shape index (κ1) is 14.5. The van der Waals surface area contributed by atoms with Gasteiger partial charge in [0.15, 0.2) is 5.78 Å². The zero-order valence-corrected chi connectivity index (χ0v) is 12.4. The summed E-state index contributed by atoms with van der Waals surface area (Å²) in [5.41, 5.74) is 3.02. The van der Waals surface area contributed by atoms with Gasteiger partial charge in [-0.15, -0.1) is 11.3 Å². The quantitative estimate of drug-likeness (QED) is 0.846. The Bertz CT molecular complexity index is 617. The average molecular weight is 287 g/mol. The minimum absolute atomic E-state index is 0.0242. The molecule has 1 aromatic heterocycles. The first-order valence-corrected chi connectivity index (χ1v) is 7.38. The molecule has 0 aliphatic rings. The van der Waals surface area contributed by atoms with Gasteiger partial charge in [-0.3, -0.25) is 9.59 Å². The van der Waals surface area contributed by atoms with Crippen molar-refractivity contribution in [2.75, 3.05) is 5.32 Å². The highest BCUT2D eigenvalue weighted by Gasteiger charge is 2.11. The van der Waals surface area contributed by atoms with Crippen molar-refractivity contribution in [3.63, 3.8) is 0 Å². The van der Waals surface area contributed by atoms with Crippen LogP contribution in [-0.2, 0) is 4.79 Å². The predicted molar refractivity (Wildman–Crippen MR) is 82.4 cm³/mol. The zero-order valence-electron chi connectivity index (χ0n) is 11.6. The molecule has 2 rings (SSSR count). The number of nitrogens with one attached hydrogen (secondary N) is 1. The highest BCUT2D eigenvalue weighted by atomic mass is 32.1. The first-order valence-electron chi connectivity index (χ1n) is 6.50. The molecule has 0 aliphatic heterocycles. The lowest BCUT2D eigenvalue weighted by molar-refractivity contribution is -0.116. The van der Waals surface area contributed by atoms with E-state index in [0.29, 0.717) is 4.88 Å². The number of thiophene rings is 1. The van der Waals surface area contributed by atoms with Gasteiger partial charge in [0.1, 0.15) is 0 Å². The Balaban J connectivity index is 1.90. The highest BCUT2D eigenvalue weighted by Crippen LogP contribution is 2.18. The van der Waals surface area contributed by atoms with Crippen molar-refractivity contribution in [3.05, 3.63) is 51.7 Å². The van der Waals surface area contributed by atoms with Crippen LogP contribution in [0.1, 0.15) is 33.6 Å². The summed E-state index contributed by atoms with van der Waals surface area (Å²) in [6.45, 7) is 3.98. The van der Waals surface area contributed by atoms with E-state index in [2.05, 4.69) is 5.32 Å². The zero-order chi connectivity index (χ0) is 14.5. The number of rotatable bonds is 5. The second-order valence-electron chi connectivity index (χ2n) is 4.70. The molecule has 0 spiro atoms. The summed E-state index contributed by atoms with van der Waals surface area (Å²) in [6.07, 6.45) is 0.460. The van der Waals surface area contributed by atoms with Crippen LogP contribution in [0.15, 0.2) is 35.7 Å². The molecule has 0 bridgehead atoms. The van der Waals surface area contributed by atoms with Crippen LogP contribution < -0.4 is 5.32 Å². The summed E-state index contributed by atoms with van der Waals surface area (Å²) in [5, 5.41) is 4.73. The Morgan fingerprint density at radius 3 is 2.60 bits per heavy atom. The number of Topliss-reactive ketones (excluding diaryl/α,β-unsaturated/α-hetero) is 1. The van der Waals surface area contributed by atoms with E-state index in [4.69, 9.17) is 0 Å². The van der Waals surface area contributed by atoms with Crippen molar-refractivity contribution in [3.8, 4) is 0 Å². The molecule has 1 aromatic carbocycles. The minimum atomic E-state index is -0.122. The lowest BCUT2D eigenvalue weighted by Crippen LogP contribution is -2.14. The molecule has 0 radical (unpaired) electrons. The number of ketones is 1. The average Bonchev–Trinajstić information content (AvgIpc) is 2.95. The summed E-state index contributed by atoms with van der Waals surface area (Å²) < 4.78 is 0. The maximum atomic E-state index is 11.9. The van der Waals surface area contributed by atoms with Gasteiger partial charge in [0.2, 0.25) is 5.91 Å². The van der Waals surface area contributed by atoms with E-state index in [0.717, 1.165) is 16.8 Å². The number of hydrogen-bond donors (Lipinski definition) is 1.